The minimum absolute atomic E-state index is 0.101. The SMILES string of the molecule is CCC(C(=O)NC1CCCC1)N(Cc1ccc(C)cc1)C(=O)CN(c1cc(Cl)cc(Cl)c1)S(C)(=O)=O. The Morgan fingerprint density at radius 2 is 1.64 bits per heavy atom. The molecule has 1 N–H and O–H groups in total. The van der Waals surface area contributed by atoms with E-state index in [1.807, 2.05) is 38.1 Å². The summed E-state index contributed by atoms with van der Waals surface area (Å²) in [6, 6.07) is 11.4. The Bertz CT molecular complexity index is 1160. The summed E-state index contributed by atoms with van der Waals surface area (Å²) in [6.07, 6.45) is 5.39. The quantitative estimate of drug-likeness (QED) is 0.451. The number of nitrogens with one attached hydrogen (secondary N) is 1. The zero-order chi connectivity index (χ0) is 26.5. The number of benzene rings is 2. The fraction of sp³-hybridized carbons (Fsp3) is 0.462. The predicted molar refractivity (Wildman–Crippen MR) is 145 cm³/mol. The van der Waals surface area contributed by atoms with Crippen molar-refractivity contribution in [3.63, 3.8) is 0 Å². The van der Waals surface area contributed by atoms with Crippen molar-refractivity contribution in [2.75, 3.05) is 17.1 Å². The van der Waals surface area contributed by atoms with Crippen LogP contribution in [-0.4, -0.2) is 50.0 Å². The third-order valence-corrected chi connectivity index (χ3v) is 7.95. The van der Waals surface area contributed by atoms with Gasteiger partial charge >= 0.3 is 0 Å². The monoisotopic (exact) mass is 553 g/mol. The number of halogens is 2. The number of rotatable bonds is 10. The first-order valence-electron chi connectivity index (χ1n) is 12.1. The first-order chi connectivity index (χ1) is 17.0. The second-order valence-electron chi connectivity index (χ2n) is 9.32. The number of aryl methyl sites for hydroxylation is 1. The number of carbonyl (C=O) groups excluding carboxylic acids is 2. The Balaban J connectivity index is 1.93. The van der Waals surface area contributed by atoms with Crippen LogP contribution in [0.1, 0.15) is 50.2 Å². The number of amides is 2. The molecule has 10 heteroatoms. The van der Waals surface area contributed by atoms with Gasteiger partial charge in [-0.1, -0.05) is 72.8 Å². The highest BCUT2D eigenvalue weighted by molar-refractivity contribution is 7.92. The smallest absolute Gasteiger partial charge is 0.244 e. The molecule has 1 unspecified atom stereocenters. The average Bonchev–Trinajstić information content (AvgIpc) is 3.30. The lowest BCUT2D eigenvalue weighted by molar-refractivity contribution is -0.140. The molecule has 0 aromatic heterocycles. The van der Waals surface area contributed by atoms with Gasteiger partial charge in [-0.25, -0.2) is 8.42 Å². The van der Waals surface area contributed by atoms with Crippen LogP contribution in [0.4, 0.5) is 5.69 Å². The molecule has 3 rings (SSSR count). The molecule has 0 heterocycles. The molecule has 2 amide bonds. The molecular formula is C26H33Cl2N3O4S. The van der Waals surface area contributed by atoms with Gasteiger partial charge in [0.05, 0.1) is 11.9 Å². The van der Waals surface area contributed by atoms with Crippen LogP contribution in [0.25, 0.3) is 0 Å². The second-order valence-corrected chi connectivity index (χ2v) is 12.1. The highest BCUT2D eigenvalue weighted by Gasteiger charge is 2.33. The van der Waals surface area contributed by atoms with Gasteiger partial charge in [-0.3, -0.25) is 13.9 Å². The van der Waals surface area contributed by atoms with E-state index in [1.165, 1.54) is 23.1 Å². The Kier molecular flexibility index (Phi) is 9.66. The molecule has 1 fully saturated rings. The van der Waals surface area contributed by atoms with Crippen molar-refractivity contribution < 1.29 is 18.0 Å². The van der Waals surface area contributed by atoms with Crippen molar-refractivity contribution in [2.45, 2.75) is 64.6 Å². The molecule has 196 valence electrons. The molecule has 0 bridgehead atoms. The summed E-state index contributed by atoms with van der Waals surface area (Å²) in [4.78, 5) is 28.5. The van der Waals surface area contributed by atoms with Crippen LogP contribution in [0, 0.1) is 6.92 Å². The summed E-state index contributed by atoms with van der Waals surface area (Å²) in [7, 11) is -3.86. The van der Waals surface area contributed by atoms with Crippen molar-refractivity contribution in [3.8, 4) is 0 Å². The van der Waals surface area contributed by atoms with Gasteiger partial charge in [-0.15, -0.1) is 0 Å². The molecule has 1 saturated carbocycles. The summed E-state index contributed by atoms with van der Waals surface area (Å²) >= 11 is 12.2. The van der Waals surface area contributed by atoms with Crippen LogP contribution in [0.3, 0.4) is 0 Å². The molecule has 2 aromatic rings. The minimum Gasteiger partial charge on any atom is -0.352 e. The van der Waals surface area contributed by atoms with Crippen molar-refractivity contribution in [2.24, 2.45) is 0 Å². The van der Waals surface area contributed by atoms with Gasteiger partial charge in [0.25, 0.3) is 0 Å². The van der Waals surface area contributed by atoms with E-state index >= 15 is 0 Å². The van der Waals surface area contributed by atoms with E-state index in [1.54, 1.807) is 0 Å². The van der Waals surface area contributed by atoms with E-state index in [2.05, 4.69) is 5.32 Å². The maximum atomic E-state index is 13.7. The summed E-state index contributed by atoms with van der Waals surface area (Å²) in [5.41, 5.74) is 2.10. The normalized spacial score (nSPS) is 14.9. The summed E-state index contributed by atoms with van der Waals surface area (Å²) < 4.78 is 26.4. The van der Waals surface area contributed by atoms with Crippen LogP contribution >= 0.6 is 23.2 Å². The summed E-state index contributed by atoms with van der Waals surface area (Å²) in [5.74, 6) is -0.716. The third-order valence-electron chi connectivity index (χ3n) is 6.38. The second kappa shape index (κ2) is 12.3. The fourth-order valence-corrected chi connectivity index (χ4v) is 5.82. The van der Waals surface area contributed by atoms with E-state index < -0.39 is 28.5 Å². The zero-order valence-corrected chi connectivity index (χ0v) is 23.2. The van der Waals surface area contributed by atoms with Gasteiger partial charge in [-0.2, -0.15) is 0 Å². The van der Waals surface area contributed by atoms with Gasteiger partial charge in [0.1, 0.15) is 12.6 Å². The van der Waals surface area contributed by atoms with E-state index in [9.17, 15) is 18.0 Å². The highest BCUT2D eigenvalue weighted by atomic mass is 35.5. The molecule has 2 aromatic carbocycles. The van der Waals surface area contributed by atoms with Gasteiger partial charge in [0, 0.05) is 22.6 Å². The zero-order valence-electron chi connectivity index (χ0n) is 20.8. The van der Waals surface area contributed by atoms with Gasteiger partial charge in [0.15, 0.2) is 0 Å². The van der Waals surface area contributed by atoms with Crippen LogP contribution in [0.15, 0.2) is 42.5 Å². The maximum Gasteiger partial charge on any atom is 0.244 e. The standard InChI is InChI=1S/C26H33Cl2N3O4S/c1-4-24(26(33)29-22-7-5-6-8-22)30(16-19-11-9-18(2)10-12-19)25(32)17-31(36(3,34)35)23-14-20(27)13-21(28)15-23/h9-15,22,24H,4-8,16-17H2,1-3H3,(H,29,33). The number of hydrogen-bond acceptors (Lipinski definition) is 4. The number of carbonyl (C=O) groups is 2. The third kappa shape index (κ3) is 7.60. The number of sulfonamides is 1. The summed E-state index contributed by atoms with van der Waals surface area (Å²) in [5, 5.41) is 3.59. The fourth-order valence-electron chi connectivity index (χ4n) is 4.47. The van der Waals surface area contributed by atoms with E-state index in [0.29, 0.717) is 6.42 Å². The maximum absolute atomic E-state index is 13.7. The molecule has 36 heavy (non-hydrogen) atoms. The number of hydrogen-bond donors (Lipinski definition) is 1. The lowest BCUT2D eigenvalue weighted by Crippen LogP contribution is -2.53. The van der Waals surface area contributed by atoms with Crippen LogP contribution in [-0.2, 0) is 26.2 Å². The van der Waals surface area contributed by atoms with Crippen molar-refractivity contribution >= 4 is 50.7 Å². The first-order valence-corrected chi connectivity index (χ1v) is 14.7. The molecule has 1 aliphatic rings. The average molecular weight is 555 g/mol. The Hall–Kier alpha value is -2.29. The molecule has 0 spiro atoms. The molecule has 1 atom stereocenters. The molecule has 0 radical (unpaired) electrons. The lowest BCUT2D eigenvalue weighted by atomic mass is 10.1. The number of anilines is 1. The van der Waals surface area contributed by atoms with Gasteiger partial charge in [-0.05, 0) is 49.9 Å². The Morgan fingerprint density at radius 3 is 2.17 bits per heavy atom. The summed E-state index contributed by atoms with van der Waals surface area (Å²) in [6.45, 7) is 3.49. The molecule has 0 saturated heterocycles. The molecule has 1 aliphatic carbocycles. The van der Waals surface area contributed by atoms with E-state index in [-0.39, 0.29) is 34.2 Å². The first kappa shape index (κ1) is 28.3. The highest BCUT2D eigenvalue weighted by Crippen LogP contribution is 2.27. The van der Waals surface area contributed by atoms with Crippen LogP contribution in [0.5, 0.6) is 0 Å². The lowest BCUT2D eigenvalue weighted by Gasteiger charge is -2.33. The van der Waals surface area contributed by atoms with Gasteiger partial charge < -0.3 is 10.2 Å². The van der Waals surface area contributed by atoms with E-state index in [4.69, 9.17) is 23.2 Å². The van der Waals surface area contributed by atoms with Gasteiger partial charge in [0.2, 0.25) is 21.8 Å². The topological polar surface area (TPSA) is 86.8 Å². The van der Waals surface area contributed by atoms with Crippen LogP contribution < -0.4 is 9.62 Å². The van der Waals surface area contributed by atoms with Crippen molar-refractivity contribution in [1.82, 2.24) is 10.2 Å². The molecule has 7 nitrogen and oxygen atoms in total. The Labute approximate surface area is 223 Å². The van der Waals surface area contributed by atoms with Crippen molar-refractivity contribution in [3.05, 3.63) is 63.6 Å². The predicted octanol–water partition coefficient (Wildman–Crippen LogP) is 4.93. The Morgan fingerprint density at radius 1 is 1.06 bits per heavy atom. The largest absolute Gasteiger partial charge is 0.352 e. The van der Waals surface area contributed by atoms with E-state index in [0.717, 1.165) is 47.4 Å². The molecule has 0 aliphatic heterocycles. The van der Waals surface area contributed by atoms with Crippen LogP contribution in [0.2, 0.25) is 10.0 Å². The van der Waals surface area contributed by atoms with Crippen molar-refractivity contribution in [1.29, 1.82) is 0 Å². The minimum atomic E-state index is -3.86. The number of nitrogens with zero attached hydrogens (tertiary/aromatic N) is 2. The molecular weight excluding hydrogens is 521 g/mol.